The molecule has 1 aliphatic rings. The maximum absolute atomic E-state index is 5.37. The molecule has 1 aromatic rings. The fraction of sp³-hybridized carbons (Fsp3) is 0.571. The first-order chi connectivity index (χ1) is 7.81. The zero-order valence-electron chi connectivity index (χ0n) is 10.2. The summed E-state index contributed by atoms with van der Waals surface area (Å²) < 4.78 is 5.37. The standard InChI is InChI=1S/C14H21NO/c1-11(15-10-9-12-7-8-12)13-5-3-4-6-14(13)16-2/h3-6,11-12,15H,7-10H2,1-2H3/t11-/m1/s1. The predicted molar refractivity (Wildman–Crippen MR) is 66.8 cm³/mol. The number of benzene rings is 1. The maximum Gasteiger partial charge on any atom is 0.123 e. The number of methoxy groups -OCH3 is 1. The van der Waals surface area contributed by atoms with E-state index in [4.69, 9.17) is 4.74 Å². The van der Waals surface area contributed by atoms with E-state index in [0.29, 0.717) is 6.04 Å². The molecule has 2 rings (SSSR count). The Balaban J connectivity index is 1.87. The largest absolute Gasteiger partial charge is 0.496 e. The number of hydrogen-bond acceptors (Lipinski definition) is 2. The van der Waals surface area contributed by atoms with E-state index in [9.17, 15) is 0 Å². The van der Waals surface area contributed by atoms with E-state index in [0.717, 1.165) is 18.2 Å². The van der Waals surface area contributed by atoms with Gasteiger partial charge in [0, 0.05) is 11.6 Å². The van der Waals surface area contributed by atoms with Crippen molar-refractivity contribution in [3.8, 4) is 5.75 Å². The van der Waals surface area contributed by atoms with Gasteiger partial charge in [-0.3, -0.25) is 0 Å². The van der Waals surface area contributed by atoms with Crippen molar-refractivity contribution in [2.24, 2.45) is 5.92 Å². The van der Waals surface area contributed by atoms with E-state index in [2.05, 4.69) is 24.4 Å². The van der Waals surface area contributed by atoms with Gasteiger partial charge in [-0.1, -0.05) is 31.0 Å². The lowest BCUT2D eigenvalue weighted by molar-refractivity contribution is 0.401. The average Bonchev–Trinajstić information content (AvgIpc) is 3.13. The molecule has 2 nitrogen and oxygen atoms in total. The van der Waals surface area contributed by atoms with Gasteiger partial charge in [-0.25, -0.2) is 0 Å². The molecular weight excluding hydrogens is 198 g/mol. The fourth-order valence-corrected chi connectivity index (χ4v) is 2.04. The SMILES string of the molecule is COc1ccccc1[C@@H](C)NCCC1CC1. The fourth-order valence-electron chi connectivity index (χ4n) is 2.04. The Morgan fingerprint density at radius 3 is 2.81 bits per heavy atom. The molecule has 0 unspecified atom stereocenters. The van der Waals surface area contributed by atoms with E-state index in [1.807, 2.05) is 12.1 Å². The van der Waals surface area contributed by atoms with Crippen LogP contribution in [0.1, 0.15) is 37.8 Å². The molecule has 1 fully saturated rings. The Morgan fingerprint density at radius 1 is 1.38 bits per heavy atom. The zero-order valence-corrected chi connectivity index (χ0v) is 10.2. The van der Waals surface area contributed by atoms with Gasteiger partial charge in [0.2, 0.25) is 0 Å². The third-order valence-corrected chi connectivity index (χ3v) is 3.31. The molecule has 0 heterocycles. The summed E-state index contributed by atoms with van der Waals surface area (Å²) in [4.78, 5) is 0. The summed E-state index contributed by atoms with van der Waals surface area (Å²) in [5.74, 6) is 1.98. The van der Waals surface area contributed by atoms with Gasteiger partial charge < -0.3 is 10.1 Å². The molecule has 1 aromatic carbocycles. The quantitative estimate of drug-likeness (QED) is 0.793. The van der Waals surface area contributed by atoms with Crippen LogP contribution in [0.5, 0.6) is 5.75 Å². The molecule has 16 heavy (non-hydrogen) atoms. The Hall–Kier alpha value is -1.02. The van der Waals surface area contributed by atoms with Crippen LogP contribution in [0, 0.1) is 5.92 Å². The van der Waals surface area contributed by atoms with Gasteiger partial charge in [0.15, 0.2) is 0 Å². The molecule has 0 saturated heterocycles. The number of ether oxygens (including phenoxy) is 1. The molecule has 1 saturated carbocycles. The first-order valence-corrected chi connectivity index (χ1v) is 6.17. The summed E-state index contributed by atoms with van der Waals surface area (Å²) in [7, 11) is 1.73. The average molecular weight is 219 g/mol. The van der Waals surface area contributed by atoms with Crippen molar-refractivity contribution in [3.05, 3.63) is 29.8 Å². The van der Waals surface area contributed by atoms with Gasteiger partial charge in [0.25, 0.3) is 0 Å². The van der Waals surface area contributed by atoms with Crippen molar-refractivity contribution in [3.63, 3.8) is 0 Å². The van der Waals surface area contributed by atoms with Crippen LogP contribution in [0.2, 0.25) is 0 Å². The third-order valence-electron chi connectivity index (χ3n) is 3.31. The minimum atomic E-state index is 0.370. The van der Waals surface area contributed by atoms with E-state index in [1.165, 1.54) is 24.8 Å². The molecule has 88 valence electrons. The van der Waals surface area contributed by atoms with Crippen LogP contribution in [0.4, 0.5) is 0 Å². The predicted octanol–water partition coefficient (Wildman–Crippen LogP) is 3.15. The third kappa shape index (κ3) is 2.99. The smallest absolute Gasteiger partial charge is 0.123 e. The number of hydrogen-bond donors (Lipinski definition) is 1. The van der Waals surface area contributed by atoms with E-state index < -0.39 is 0 Å². The first kappa shape index (κ1) is 11.5. The Bertz CT molecular complexity index is 333. The van der Waals surface area contributed by atoms with Gasteiger partial charge in [0.05, 0.1) is 7.11 Å². The normalized spacial score (nSPS) is 17.1. The van der Waals surface area contributed by atoms with Gasteiger partial charge in [-0.15, -0.1) is 0 Å². The molecular formula is C14H21NO. The molecule has 0 bridgehead atoms. The highest BCUT2D eigenvalue weighted by molar-refractivity contribution is 5.35. The zero-order chi connectivity index (χ0) is 11.4. The number of nitrogens with one attached hydrogen (secondary N) is 1. The Kier molecular flexibility index (Phi) is 3.83. The molecule has 1 atom stereocenters. The highest BCUT2D eigenvalue weighted by Crippen LogP contribution is 2.32. The first-order valence-electron chi connectivity index (χ1n) is 6.17. The monoisotopic (exact) mass is 219 g/mol. The van der Waals surface area contributed by atoms with Gasteiger partial charge in [-0.05, 0) is 31.9 Å². The van der Waals surface area contributed by atoms with Crippen LogP contribution in [-0.4, -0.2) is 13.7 Å². The minimum Gasteiger partial charge on any atom is -0.496 e. The van der Waals surface area contributed by atoms with Gasteiger partial charge in [-0.2, -0.15) is 0 Å². The molecule has 0 spiro atoms. The summed E-state index contributed by atoms with van der Waals surface area (Å²) in [6.07, 6.45) is 4.19. The second-order valence-electron chi connectivity index (χ2n) is 4.65. The van der Waals surface area contributed by atoms with Gasteiger partial charge >= 0.3 is 0 Å². The van der Waals surface area contributed by atoms with Crippen molar-refractivity contribution in [1.82, 2.24) is 5.32 Å². The van der Waals surface area contributed by atoms with Crippen LogP contribution in [0.25, 0.3) is 0 Å². The van der Waals surface area contributed by atoms with Crippen molar-refractivity contribution in [1.29, 1.82) is 0 Å². The van der Waals surface area contributed by atoms with Crippen molar-refractivity contribution in [2.75, 3.05) is 13.7 Å². The van der Waals surface area contributed by atoms with Crippen LogP contribution >= 0.6 is 0 Å². The molecule has 2 heteroatoms. The second kappa shape index (κ2) is 5.35. The lowest BCUT2D eigenvalue weighted by Crippen LogP contribution is -2.20. The Morgan fingerprint density at radius 2 is 2.12 bits per heavy atom. The topological polar surface area (TPSA) is 21.3 Å². The Labute approximate surface area is 98.0 Å². The highest BCUT2D eigenvalue weighted by atomic mass is 16.5. The van der Waals surface area contributed by atoms with Crippen LogP contribution in [0.3, 0.4) is 0 Å². The lowest BCUT2D eigenvalue weighted by Gasteiger charge is -2.17. The van der Waals surface area contributed by atoms with Gasteiger partial charge in [0.1, 0.15) is 5.75 Å². The van der Waals surface area contributed by atoms with Crippen LogP contribution < -0.4 is 10.1 Å². The summed E-state index contributed by atoms with van der Waals surface area (Å²) in [5.41, 5.74) is 1.25. The summed E-state index contributed by atoms with van der Waals surface area (Å²) in [6, 6.07) is 8.60. The summed E-state index contributed by atoms with van der Waals surface area (Å²) in [5, 5.41) is 3.56. The minimum absolute atomic E-state index is 0.370. The van der Waals surface area contributed by atoms with Crippen molar-refractivity contribution < 1.29 is 4.74 Å². The van der Waals surface area contributed by atoms with Crippen LogP contribution in [0.15, 0.2) is 24.3 Å². The molecule has 1 N–H and O–H groups in total. The number of para-hydroxylation sites is 1. The molecule has 0 radical (unpaired) electrons. The molecule has 0 amide bonds. The number of rotatable bonds is 6. The van der Waals surface area contributed by atoms with E-state index >= 15 is 0 Å². The maximum atomic E-state index is 5.37. The second-order valence-corrected chi connectivity index (χ2v) is 4.65. The highest BCUT2D eigenvalue weighted by Gasteiger charge is 2.20. The van der Waals surface area contributed by atoms with Crippen LogP contribution in [-0.2, 0) is 0 Å². The molecule has 0 aliphatic heterocycles. The summed E-state index contributed by atoms with van der Waals surface area (Å²) in [6.45, 7) is 3.31. The van der Waals surface area contributed by atoms with Crippen molar-refractivity contribution >= 4 is 0 Å². The van der Waals surface area contributed by atoms with E-state index in [-0.39, 0.29) is 0 Å². The lowest BCUT2D eigenvalue weighted by atomic mass is 10.1. The summed E-state index contributed by atoms with van der Waals surface area (Å²) >= 11 is 0. The molecule has 0 aromatic heterocycles. The van der Waals surface area contributed by atoms with E-state index in [1.54, 1.807) is 7.11 Å². The molecule has 1 aliphatic carbocycles. The van der Waals surface area contributed by atoms with Crippen molar-refractivity contribution in [2.45, 2.75) is 32.2 Å².